The number of rotatable bonds is 5. The minimum absolute atomic E-state index is 0.0375. The van der Waals surface area contributed by atoms with Crippen LogP contribution in [0.4, 0.5) is 0 Å². The molecule has 0 bridgehead atoms. The summed E-state index contributed by atoms with van der Waals surface area (Å²) in [5.41, 5.74) is -0.203. The van der Waals surface area contributed by atoms with Crippen molar-refractivity contribution >= 4 is 62.7 Å². The summed E-state index contributed by atoms with van der Waals surface area (Å²) in [6, 6.07) is 4.94. The second-order valence-corrected chi connectivity index (χ2v) is 10.7. The fourth-order valence-corrected chi connectivity index (χ4v) is 5.27. The summed E-state index contributed by atoms with van der Waals surface area (Å²) in [6.07, 6.45) is 0. The minimum Gasteiger partial charge on any atom is -0.495 e. The van der Waals surface area contributed by atoms with E-state index < -0.39 is 27.9 Å². The molecule has 12 heteroatoms. The third-order valence-electron chi connectivity index (χ3n) is 3.31. The fraction of sp³-hybridized carbons (Fsp3) is 0.143. The molecule has 6 nitrogen and oxygen atoms in total. The summed E-state index contributed by atoms with van der Waals surface area (Å²) in [6.45, 7) is 0. The summed E-state index contributed by atoms with van der Waals surface area (Å²) >= 11 is 11.9. The van der Waals surface area contributed by atoms with Gasteiger partial charge in [-0.25, -0.2) is 16.8 Å². The molecule has 0 heterocycles. The van der Waals surface area contributed by atoms with Gasteiger partial charge in [-0.15, -0.1) is 0 Å². The molecule has 142 valence electrons. The molecule has 2 aromatic carbocycles. The van der Waals surface area contributed by atoms with E-state index in [1.807, 2.05) is 0 Å². The van der Waals surface area contributed by atoms with Gasteiger partial charge in [0.05, 0.1) is 19.1 Å². The van der Waals surface area contributed by atoms with Crippen LogP contribution in [0.25, 0.3) is 11.1 Å². The van der Waals surface area contributed by atoms with Crippen LogP contribution in [-0.4, -0.2) is 31.1 Å². The molecule has 0 aliphatic carbocycles. The fourth-order valence-electron chi connectivity index (χ4n) is 2.29. The number of ether oxygens (including phenoxy) is 2. The van der Waals surface area contributed by atoms with E-state index in [2.05, 4.69) is 0 Å². The van der Waals surface area contributed by atoms with E-state index >= 15 is 0 Å². The van der Waals surface area contributed by atoms with Gasteiger partial charge in [-0.2, -0.15) is 0 Å². The molecule has 0 amide bonds. The topological polar surface area (TPSA) is 86.7 Å². The van der Waals surface area contributed by atoms with Gasteiger partial charge in [0.25, 0.3) is 18.1 Å². The highest BCUT2D eigenvalue weighted by atomic mass is 35.7. The van der Waals surface area contributed by atoms with Crippen LogP contribution in [0, 0.1) is 0 Å². The highest BCUT2D eigenvalue weighted by Crippen LogP contribution is 2.48. The van der Waals surface area contributed by atoms with Crippen molar-refractivity contribution in [2.24, 2.45) is 0 Å². The van der Waals surface area contributed by atoms with Crippen LogP contribution in [0.5, 0.6) is 11.5 Å². The maximum Gasteiger partial charge on any atom is 0.265 e. The van der Waals surface area contributed by atoms with Gasteiger partial charge in [0, 0.05) is 37.5 Å². The third kappa shape index (κ3) is 4.16. The second kappa shape index (κ2) is 7.61. The Morgan fingerprint density at radius 1 is 0.846 bits per heavy atom. The quantitative estimate of drug-likeness (QED) is 0.585. The average molecular weight is 480 g/mol. The molecule has 0 radical (unpaired) electrons. The van der Waals surface area contributed by atoms with Crippen LogP contribution < -0.4 is 9.47 Å². The normalized spacial score (nSPS) is 12.1. The van der Waals surface area contributed by atoms with Crippen molar-refractivity contribution in [1.82, 2.24) is 0 Å². The predicted molar refractivity (Wildman–Crippen MR) is 101 cm³/mol. The van der Waals surface area contributed by atoms with Gasteiger partial charge in [0.2, 0.25) is 0 Å². The highest BCUT2D eigenvalue weighted by molar-refractivity contribution is 8.14. The lowest BCUT2D eigenvalue weighted by Crippen LogP contribution is -2.04. The second-order valence-electron chi connectivity index (χ2n) is 4.82. The van der Waals surface area contributed by atoms with E-state index in [-0.39, 0.29) is 32.7 Å². The first-order chi connectivity index (χ1) is 11.9. The largest absolute Gasteiger partial charge is 0.495 e. The molecule has 0 saturated carbocycles. The Hall–Kier alpha value is -0.900. The first-order valence-corrected chi connectivity index (χ1v) is 11.9. The molecule has 0 aliphatic rings. The standard InChI is InChI=1S/C14H10Cl4O6S2/c1-23-10-6-9(14(26(18,21)22)13(24-2)12(10)16)8-4-3-7(15)5-11(8)25(17,19)20/h3-6H,1-2H3. The lowest BCUT2D eigenvalue weighted by Gasteiger charge is -2.17. The van der Waals surface area contributed by atoms with E-state index in [1.165, 1.54) is 32.4 Å². The van der Waals surface area contributed by atoms with Crippen molar-refractivity contribution in [3.63, 3.8) is 0 Å². The van der Waals surface area contributed by atoms with Crippen molar-refractivity contribution in [2.45, 2.75) is 9.79 Å². The smallest absolute Gasteiger partial charge is 0.265 e. The highest BCUT2D eigenvalue weighted by Gasteiger charge is 2.30. The van der Waals surface area contributed by atoms with E-state index in [4.69, 9.17) is 54.0 Å². The van der Waals surface area contributed by atoms with Crippen molar-refractivity contribution in [2.75, 3.05) is 14.2 Å². The number of halogens is 4. The van der Waals surface area contributed by atoms with E-state index in [0.29, 0.717) is 0 Å². The van der Waals surface area contributed by atoms with Crippen molar-refractivity contribution in [1.29, 1.82) is 0 Å². The monoisotopic (exact) mass is 478 g/mol. The van der Waals surface area contributed by atoms with Crippen LogP contribution in [0.1, 0.15) is 0 Å². The van der Waals surface area contributed by atoms with Crippen LogP contribution in [0.3, 0.4) is 0 Å². The van der Waals surface area contributed by atoms with E-state index in [0.717, 1.165) is 6.07 Å². The Balaban J connectivity index is 3.09. The molecule has 0 unspecified atom stereocenters. The van der Waals surface area contributed by atoms with E-state index in [1.54, 1.807) is 0 Å². The molecule has 0 fully saturated rings. The number of benzene rings is 2. The number of hydrogen-bond acceptors (Lipinski definition) is 6. The summed E-state index contributed by atoms with van der Waals surface area (Å²) in [7, 11) is 4.80. The van der Waals surface area contributed by atoms with Crippen LogP contribution in [0.15, 0.2) is 34.1 Å². The molecule has 2 rings (SSSR count). The predicted octanol–water partition coefficient (Wildman–Crippen LogP) is 4.53. The lowest BCUT2D eigenvalue weighted by molar-refractivity contribution is 0.387. The summed E-state index contributed by atoms with van der Waals surface area (Å²) in [4.78, 5) is -0.948. The maximum absolute atomic E-state index is 12.2. The average Bonchev–Trinajstić information content (AvgIpc) is 2.52. The zero-order valence-corrected chi connectivity index (χ0v) is 17.7. The number of hydrogen-bond donors (Lipinski definition) is 0. The first kappa shape index (κ1) is 21.4. The van der Waals surface area contributed by atoms with Gasteiger partial charge in [-0.1, -0.05) is 29.3 Å². The summed E-state index contributed by atoms with van der Waals surface area (Å²) in [5, 5.41) is -0.0710. The molecule has 0 saturated heterocycles. The van der Waals surface area contributed by atoms with E-state index in [9.17, 15) is 16.8 Å². The molecule has 26 heavy (non-hydrogen) atoms. The zero-order valence-electron chi connectivity index (χ0n) is 13.1. The van der Waals surface area contributed by atoms with Crippen LogP contribution in [0.2, 0.25) is 10.0 Å². The molecule has 0 aliphatic heterocycles. The van der Waals surface area contributed by atoms with Gasteiger partial charge in [-0.05, 0) is 18.2 Å². The number of methoxy groups -OCH3 is 2. The van der Waals surface area contributed by atoms with Gasteiger partial charge >= 0.3 is 0 Å². The Morgan fingerprint density at radius 2 is 1.46 bits per heavy atom. The molecule has 2 aromatic rings. The molecular formula is C14H10Cl4O6S2. The lowest BCUT2D eigenvalue weighted by atomic mass is 10.0. The Kier molecular flexibility index (Phi) is 6.27. The maximum atomic E-state index is 12.2. The molecule has 0 N–H and O–H groups in total. The summed E-state index contributed by atoms with van der Waals surface area (Å²) < 4.78 is 58.4. The van der Waals surface area contributed by atoms with Crippen LogP contribution in [-0.2, 0) is 18.1 Å². The Labute approximate surface area is 169 Å². The van der Waals surface area contributed by atoms with Gasteiger partial charge in [-0.3, -0.25) is 0 Å². The molecule has 0 atom stereocenters. The van der Waals surface area contributed by atoms with Crippen LogP contribution >= 0.6 is 44.6 Å². The van der Waals surface area contributed by atoms with Gasteiger partial charge in [0.15, 0.2) is 5.75 Å². The van der Waals surface area contributed by atoms with Crippen molar-refractivity contribution in [3.8, 4) is 22.6 Å². The zero-order chi connectivity index (χ0) is 19.9. The molecule has 0 aromatic heterocycles. The first-order valence-electron chi connectivity index (χ1n) is 6.55. The Bertz CT molecular complexity index is 1080. The third-order valence-corrected chi connectivity index (χ3v) is 6.62. The summed E-state index contributed by atoms with van der Waals surface area (Å²) in [5.74, 6) is -0.264. The van der Waals surface area contributed by atoms with Crippen molar-refractivity contribution in [3.05, 3.63) is 34.3 Å². The Morgan fingerprint density at radius 3 is 1.92 bits per heavy atom. The minimum atomic E-state index is -4.41. The molecule has 0 spiro atoms. The van der Waals surface area contributed by atoms with Gasteiger partial charge < -0.3 is 9.47 Å². The SMILES string of the molecule is COc1cc(-c2ccc(Cl)cc2S(=O)(=O)Cl)c(S(=O)(=O)Cl)c(OC)c1Cl. The van der Waals surface area contributed by atoms with Crippen molar-refractivity contribution < 1.29 is 26.3 Å². The van der Waals surface area contributed by atoms with Gasteiger partial charge in [0.1, 0.15) is 15.7 Å². The molecular weight excluding hydrogens is 470 g/mol.